The molecule has 1 aliphatic rings. The molecule has 3 aromatic rings. The second kappa shape index (κ2) is 7.52. The standard InChI is InChI=1S/C20H22N2O2S/c23-19(15-5-2-1-3-6-15)16-8-10-22(11-9-16)13-17-14-24-20(21-17)18-7-4-12-25-18/h1-7,12,14,16,19,23H,8-11,13H2. The van der Waals surface area contributed by atoms with Crippen LogP contribution in [0, 0.1) is 5.92 Å². The van der Waals surface area contributed by atoms with Gasteiger partial charge in [0.05, 0.1) is 16.7 Å². The summed E-state index contributed by atoms with van der Waals surface area (Å²) in [5, 5.41) is 12.6. The van der Waals surface area contributed by atoms with Crippen molar-refractivity contribution in [3.63, 3.8) is 0 Å². The monoisotopic (exact) mass is 354 g/mol. The van der Waals surface area contributed by atoms with Gasteiger partial charge in [-0.15, -0.1) is 11.3 Å². The van der Waals surface area contributed by atoms with Crippen LogP contribution < -0.4 is 0 Å². The van der Waals surface area contributed by atoms with E-state index in [9.17, 15) is 5.11 Å². The topological polar surface area (TPSA) is 49.5 Å². The molecule has 25 heavy (non-hydrogen) atoms. The van der Waals surface area contributed by atoms with E-state index in [0.717, 1.165) is 48.6 Å². The van der Waals surface area contributed by atoms with Crippen LogP contribution in [0.15, 0.2) is 58.5 Å². The van der Waals surface area contributed by atoms with Crippen LogP contribution in [0.4, 0.5) is 0 Å². The Morgan fingerprint density at radius 3 is 2.68 bits per heavy atom. The number of benzene rings is 1. The third kappa shape index (κ3) is 3.84. The molecule has 0 radical (unpaired) electrons. The Kier molecular flexibility index (Phi) is 4.97. The maximum absolute atomic E-state index is 10.6. The molecule has 1 unspecified atom stereocenters. The lowest BCUT2D eigenvalue weighted by molar-refractivity contribution is 0.0564. The lowest BCUT2D eigenvalue weighted by Gasteiger charge is -2.33. The lowest BCUT2D eigenvalue weighted by Crippen LogP contribution is -2.35. The first-order valence-corrected chi connectivity index (χ1v) is 9.61. The van der Waals surface area contributed by atoms with Gasteiger partial charge in [0.1, 0.15) is 6.26 Å². The highest BCUT2D eigenvalue weighted by Gasteiger charge is 2.26. The Labute approximate surface area is 151 Å². The Bertz CT molecular complexity index is 777. The number of aromatic nitrogens is 1. The van der Waals surface area contributed by atoms with Crippen molar-refractivity contribution in [1.82, 2.24) is 9.88 Å². The molecular formula is C20H22N2O2S. The molecule has 4 rings (SSSR count). The highest BCUT2D eigenvalue weighted by atomic mass is 32.1. The van der Waals surface area contributed by atoms with Crippen molar-refractivity contribution in [3.8, 4) is 10.8 Å². The molecule has 0 aliphatic carbocycles. The molecule has 2 aromatic heterocycles. The maximum Gasteiger partial charge on any atom is 0.236 e. The first-order valence-electron chi connectivity index (χ1n) is 8.73. The van der Waals surface area contributed by atoms with E-state index >= 15 is 0 Å². The molecule has 1 aromatic carbocycles. The van der Waals surface area contributed by atoms with E-state index in [-0.39, 0.29) is 6.10 Å². The van der Waals surface area contributed by atoms with Gasteiger partial charge < -0.3 is 9.52 Å². The first-order chi connectivity index (χ1) is 12.3. The van der Waals surface area contributed by atoms with E-state index < -0.39 is 0 Å². The molecule has 130 valence electrons. The van der Waals surface area contributed by atoms with Gasteiger partial charge in [0, 0.05) is 6.54 Å². The van der Waals surface area contributed by atoms with E-state index in [4.69, 9.17) is 4.42 Å². The minimum atomic E-state index is -0.360. The molecule has 5 heteroatoms. The summed E-state index contributed by atoms with van der Waals surface area (Å²) in [6.45, 7) is 2.77. The van der Waals surface area contributed by atoms with E-state index in [2.05, 4.69) is 9.88 Å². The second-order valence-corrected chi connectivity index (χ2v) is 7.54. The van der Waals surface area contributed by atoms with Gasteiger partial charge in [0.2, 0.25) is 5.89 Å². The van der Waals surface area contributed by atoms with E-state index in [1.807, 2.05) is 47.8 Å². The van der Waals surface area contributed by atoms with Crippen LogP contribution in [0.2, 0.25) is 0 Å². The van der Waals surface area contributed by atoms with Crippen LogP contribution in [-0.4, -0.2) is 28.1 Å². The normalized spacial score (nSPS) is 17.6. The van der Waals surface area contributed by atoms with Crippen LogP contribution in [0.1, 0.15) is 30.2 Å². The Morgan fingerprint density at radius 2 is 1.96 bits per heavy atom. The lowest BCUT2D eigenvalue weighted by atomic mass is 9.87. The van der Waals surface area contributed by atoms with Crippen molar-refractivity contribution in [3.05, 3.63) is 65.4 Å². The molecule has 1 aliphatic heterocycles. The maximum atomic E-state index is 10.6. The average molecular weight is 354 g/mol. The molecule has 1 fully saturated rings. The van der Waals surface area contributed by atoms with E-state index in [0.29, 0.717) is 11.8 Å². The largest absolute Gasteiger partial charge is 0.444 e. The zero-order chi connectivity index (χ0) is 17.1. The summed E-state index contributed by atoms with van der Waals surface area (Å²) in [6.07, 6.45) is 3.41. The van der Waals surface area contributed by atoms with E-state index in [1.54, 1.807) is 17.6 Å². The number of hydrogen-bond acceptors (Lipinski definition) is 5. The van der Waals surface area contributed by atoms with Crippen molar-refractivity contribution < 1.29 is 9.52 Å². The molecule has 0 spiro atoms. The summed E-state index contributed by atoms with van der Waals surface area (Å²) >= 11 is 1.64. The van der Waals surface area contributed by atoms with Crippen molar-refractivity contribution in [2.24, 2.45) is 5.92 Å². The number of rotatable bonds is 5. The fourth-order valence-electron chi connectivity index (χ4n) is 3.47. The van der Waals surface area contributed by atoms with Crippen molar-refractivity contribution in [2.45, 2.75) is 25.5 Å². The smallest absolute Gasteiger partial charge is 0.236 e. The second-order valence-electron chi connectivity index (χ2n) is 6.59. The number of nitrogens with zero attached hydrogens (tertiary/aromatic N) is 2. The summed E-state index contributed by atoms with van der Waals surface area (Å²) in [5.41, 5.74) is 2.00. The zero-order valence-corrected chi connectivity index (χ0v) is 14.9. The van der Waals surface area contributed by atoms with Gasteiger partial charge in [-0.2, -0.15) is 0 Å². The van der Waals surface area contributed by atoms with Crippen LogP contribution in [0.3, 0.4) is 0 Å². The molecule has 1 saturated heterocycles. The Hall–Kier alpha value is -1.95. The summed E-state index contributed by atoms with van der Waals surface area (Å²) < 4.78 is 5.60. The van der Waals surface area contributed by atoms with Crippen molar-refractivity contribution >= 4 is 11.3 Å². The van der Waals surface area contributed by atoms with Gasteiger partial charge in [0.15, 0.2) is 0 Å². The third-order valence-electron chi connectivity index (χ3n) is 4.89. The van der Waals surface area contributed by atoms with Crippen LogP contribution in [0.25, 0.3) is 10.8 Å². The van der Waals surface area contributed by atoms with Gasteiger partial charge in [0.25, 0.3) is 0 Å². The summed E-state index contributed by atoms with van der Waals surface area (Å²) in [4.78, 5) is 8.06. The fourth-order valence-corrected chi connectivity index (χ4v) is 4.13. The van der Waals surface area contributed by atoms with Gasteiger partial charge in [-0.1, -0.05) is 36.4 Å². The molecule has 1 atom stereocenters. The molecule has 0 saturated carbocycles. The number of likely N-dealkylation sites (tertiary alicyclic amines) is 1. The zero-order valence-electron chi connectivity index (χ0n) is 14.0. The number of aliphatic hydroxyl groups excluding tert-OH is 1. The molecule has 0 bridgehead atoms. The van der Waals surface area contributed by atoms with Gasteiger partial charge in [-0.05, 0) is 48.9 Å². The first kappa shape index (κ1) is 16.5. The van der Waals surface area contributed by atoms with Crippen molar-refractivity contribution in [1.29, 1.82) is 0 Å². The van der Waals surface area contributed by atoms with Gasteiger partial charge in [-0.3, -0.25) is 4.90 Å². The predicted molar refractivity (Wildman–Crippen MR) is 99.2 cm³/mol. The summed E-state index contributed by atoms with van der Waals surface area (Å²) in [6, 6.07) is 14.0. The number of hydrogen-bond donors (Lipinski definition) is 1. The molecule has 1 N–H and O–H groups in total. The number of oxazole rings is 1. The Morgan fingerprint density at radius 1 is 1.16 bits per heavy atom. The molecule has 4 nitrogen and oxygen atoms in total. The number of aliphatic hydroxyl groups is 1. The van der Waals surface area contributed by atoms with Crippen molar-refractivity contribution in [2.75, 3.05) is 13.1 Å². The SMILES string of the molecule is OC(c1ccccc1)C1CCN(Cc2coc(-c3cccs3)n2)CC1. The van der Waals surface area contributed by atoms with Crippen LogP contribution in [-0.2, 0) is 6.54 Å². The average Bonchev–Trinajstić information content (AvgIpc) is 3.34. The predicted octanol–water partition coefficient (Wildman–Crippen LogP) is 4.35. The van der Waals surface area contributed by atoms with Gasteiger partial charge >= 0.3 is 0 Å². The fraction of sp³-hybridized carbons (Fsp3) is 0.350. The quantitative estimate of drug-likeness (QED) is 0.740. The highest BCUT2D eigenvalue weighted by molar-refractivity contribution is 7.13. The number of thiophene rings is 1. The summed E-state index contributed by atoms with van der Waals surface area (Å²) in [7, 11) is 0. The third-order valence-corrected chi connectivity index (χ3v) is 5.75. The van der Waals surface area contributed by atoms with Gasteiger partial charge in [-0.25, -0.2) is 4.98 Å². The highest BCUT2D eigenvalue weighted by Crippen LogP contribution is 2.31. The Balaban J connectivity index is 1.32. The minimum absolute atomic E-state index is 0.331. The molecular weight excluding hydrogens is 332 g/mol. The molecule has 3 heterocycles. The minimum Gasteiger partial charge on any atom is -0.444 e. The van der Waals surface area contributed by atoms with E-state index in [1.165, 1.54) is 0 Å². The van der Waals surface area contributed by atoms with Crippen LogP contribution in [0.5, 0.6) is 0 Å². The number of piperidine rings is 1. The molecule has 0 amide bonds. The summed E-state index contributed by atoms with van der Waals surface area (Å²) in [5.74, 6) is 1.04. The van der Waals surface area contributed by atoms with Crippen LogP contribution >= 0.6 is 11.3 Å².